The van der Waals surface area contributed by atoms with E-state index < -0.39 is 10.3 Å². The Balaban J connectivity index is 2.07. The van der Waals surface area contributed by atoms with E-state index in [1.807, 2.05) is 6.07 Å². The zero-order valence-corrected chi connectivity index (χ0v) is 8.91. The predicted octanol–water partition coefficient (Wildman–Crippen LogP) is -0.0172. The molecule has 1 aromatic carbocycles. The summed E-state index contributed by atoms with van der Waals surface area (Å²) in [4.78, 5) is 0. The van der Waals surface area contributed by atoms with Crippen LogP contribution >= 0.6 is 0 Å². The maximum atomic E-state index is 11.4. The van der Waals surface area contributed by atoms with Crippen molar-refractivity contribution in [2.24, 2.45) is 0 Å². The Morgan fingerprint density at radius 1 is 1.25 bits per heavy atom. The van der Waals surface area contributed by atoms with Gasteiger partial charge in [-0.05, 0) is 15.0 Å². The highest BCUT2D eigenvalue weighted by Crippen LogP contribution is 2.04. The van der Waals surface area contributed by atoms with Gasteiger partial charge in [0.1, 0.15) is 0 Å². The standard InChI is InChI=1S/C8H8N4O3S/c13-16(14,12-10-7-9-11-12)15-6-8-4-2-1-3-5-8/h1-5,7H,6H2. The number of nitrogens with zero attached hydrogens (tertiary/aromatic N) is 4. The lowest BCUT2D eigenvalue weighted by molar-refractivity contribution is 0.296. The minimum atomic E-state index is -3.98. The lowest BCUT2D eigenvalue weighted by Crippen LogP contribution is -2.18. The van der Waals surface area contributed by atoms with Crippen molar-refractivity contribution in [3.63, 3.8) is 0 Å². The highest BCUT2D eigenvalue weighted by atomic mass is 32.2. The second kappa shape index (κ2) is 4.37. The highest BCUT2D eigenvalue weighted by molar-refractivity contribution is 7.84. The van der Waals surface area contributed by atoms with Crippen LogP contribution in [0.15, 0.2) is 36.7 Å². The Kier molecular flexibility index (Phi) is 2.93. The van der Waals surface area contributed by atoms with Crippen LogP contribution in [0.4, 0.5) is 0 Å². The minimum absolute atomic E-state index is 0.0648. The van der Waals surface area contributed by atoms with Crippen LogP contribution < -0.4 is 0 Å². The van der Waals surface area contributed by atoms with E-state index in [-0.39, 0.29) is 6.61 Å². The SMILES string of the molecule is O=S(=O)(OCc1ccccc1)n1ncnn1. The van der Waals surface area contributed by atoms with E-state index in [1.54, 1.807) is 24.3 Å². The first-order valence-corrected chi connectivity index (χ1v) is 5.72. The van der Waals surface area contributed by atoms with Crippen molar-refractivity contribution in [2.75, 3.05) is 0 Å². The lowest BCUT2D eigenvalue weighted by atomic mass is 10.2. The average Bonchev–Trinajstić information content (AvgIpc) is 2.82. The first-order chi connectivity index (χ1) is 7.68. The molecule has 0 radical (unpaired) electrons. The van der Waals surface area contributed by atoms with E-state index in [1.165, 1.54) is 0 Å². The summed E-state index contributed by atoms with van der Waals surface area (Å²) >= 11 is 0. The molecule has 0 saturated heterocycles. The van der Waals surface area contributed by atoms with Crippen molar-refractivity contribution in [3.05, 3.63) is 42.2 Å². The number of hydrogen-bond acceptors (Lipinski definition) is 6. The van der Waals surface area contributed by atoms with Crippen molar-refractivity contribution in [1.82, 2.24) is 19.6 Å². The summed E-state index contributed by atoms with van der Waals surface area (Å²) in [6.45, 7) is -0.0648. The largest absolute Gasteiger partial charge is 0.399 e. The number of benzene rings is 1. The molecule has 0 saturated carbocycles. The number of tetrazole rings is 1. The van der Waals surface area contributed by atoms with Gasteiger partial charge in [-0.3, -0.25) is 0 Å². The fourth-order valence-electron chi connectivity index (χ4n) is 1.02. The van der Waals surface area contributed by atoms with Gasteiger partial charge in [0.05, 0.1) is 6.61 Å². The number of hydrogen-bond donors (Lipinski definition) is 0. The van der Waals surface area contributed by atoms with Crippen LogP contribution in [0.3, 0.4) is 0 Å². The Morgan fingerprint density at radius 2 is 2.00 bits per heavy atom. The van der Waals surface area contributed by atoms with Crippen LogP contribution in [0, 0.1) is 0 Å². The quantitative estimate of drug-likeness (QED) is 0.746. The van der Waals surface area contributed by atoms with Crippen molar-refractivity contribution < 1.29 is 12.6 Å². The number of rotatable bonds is 4. The fourth-order valence-corrected chi connectivity index (χ4v) is 1.69. The average molecular weight is 240 g/mol. The molecule has 0 unspecified atom stereocenters. The van der Waals surface area contributed by atoms with Gasteiger partial charge in [0, 0.05) is 0 Å². The summed E-state index contributed by atoms with van der Waals surface area (Å²) in [6, 6.07) is 8.92. The molecule has 0 aliphatic carbocycles. The van der Waals surface area contributed by atoms with Gasteiger partial charge in [0.2, 0.25) is 0 Å². The van der Waals surface area contributed by atoms with Crippen LogP contribution in [0.1, 0.15) is 5.56 Å². The zero-order valence-electron chi connectivity index (χ0n) is 8.09. The van der Waals surface area contributed by atoms with Gasteiger partial charge >= 0.3 is 10.3 Å². The van der Waals surface area contributed by atoms with Gasteiger partial charge in [-0.15, -0.1) is 10.2 Å². The van der Waals surface area contributed by atoms with Crippen LogP contribution in [-0.4, -0.2) is 28.0 Å². The molecule has 16 heavy (non-hydrogen) atoms. The third-order valence-corrected chi connectivity index (χ3v) is 2.73. The summed E-state index contributed by atoms with van der Waals surface area (Å²) < 4.78 is 28.0. The minimum Gasteiger partial charge on any atom is -0.246 e. The molecule has 0 aliphatic rings. The van der Waals surface area contributed by atoms with Crippen molar-refractivity contribution in [1.29, 1.82) is 0 Å². The molecule has 2 aromatic rings. The Hall–Kier alpha value is -1.80. The second-order valence-corrected chi connectivity index (χ2v) is 4.28. The normalized spacial score (nSPS) is 11.5. The smallest absolute Gasteiger partial charge is 0.246 e. The first kappa shape index (κ1) is 10.7. The van der Waals surface area contributed by atoms with Crippen molar-refractivity contribution in [3.8, 4) is 0 Å². The fraction of sp³-hybridized carbons (Fsp3) is 0.125. The monoisotopic (exact) mass is 240 g/mol. The summed E-state index contributed by atoms with van der Waals surface area (Å²) in [5, 5.41) is 9.91. The molecule has 0 N–H and O–H groups in total. The van der Waals surface area contributed by atoms with Crippen LogP contribution in [-0.2, 0) is 21.1 Å². The third kappa shape index (κ3) is 2.41. The van der Waals surface area contributed by atoms with Gasteiger partial charge in [-0.25, -0.2) is 4.18 Å². The number of aromatic nitrogens is 4. The van der Waals surface area contributed by atoms with E-state index in [4.69, 9.17) is 4.18 Å². The van der Waals surface area contributed by atoms with E-state index in [0.717, 1.165) is 11.9 Å². The maximum absolute atomic E-state index is 11.4. The molecule has 0 bridgehead atoms. The van der Waals surface area contributed by atoms with Gasteiger partial charge < -0.3 is 0 Å². The summed E-state index contributed by atoms with van der Waals surface area (Å²) in [7, 11) is -3.98. The van der Waals surface area contributed by atoms with Crippen molar-refractivity contribution in [2.45, 2.75) is 6.61 Å². The van der Waals surface area contributed by atoms with E-state index >= 15 is 0 Å². The van der Waals surface area contributed by atoms with Gasteiger partial charge in [0.25, 0.3) is 0 Å². The summed E-state index contributed by atoms with van der Waals surface area (Å²) in [5.41, 5.74) is 0.742. The van der Waals surface area contributed by atoms with Crippen LogP contribution in [0.25, 0.3) is 0 Å². The molecule has 8 heteroatoms. The predicted molar refractivity (Wildman–Crippen MR) is 53.4 cm³/mol. The molecule has 0 atom stereocenters. The first-order valence-electron chi connectivity index (χ1n) is 4.35. The molecule has 1 aromatic heterocycles. The van der Waals surface area contributed by atoms with Gasteiger partial charge in [-0.1, -0.05) is 30.3 Å². The van der Waals surface area contributed by atoms with Gasteiger partial charge in [-0.2, -0.15) is 8.42 Å². The molecule has 0 spiro atoms. The Morgan fingerprint density at radius 3 is 2.62 bits per heavy atom. The zero-order chi connectivity index (χ0) is 11.4. The molecule has 1 heterocycles. The van der Waals surface area contributed by atoms with E-state index in [0.29, 0.717) is 4.20 Å². The molecular formula is C8H8N4O3S. The Labute approximate surface area is 91.9 Å². The summed E-state index contributed by atoms with van der Waals surface area (Å²) in [6.07, 6.45) is 1.02. The van der Waals surface area contributed by atoms with Crippen LogP contribution in [0.5, 0.6) is 0 Å². The lowest BCUT2D eigenvalue weighted by Gasteiger charge is -2.02. The maximum Gasteiger partial charge on any atom is 0.399 e. The highest BCUT2D eigenvalue weighted by Gasteiger charge is 2.16. The molecule has 0 aliphatic heterocycles. The van der Waals surface area contributed by atoms with E-state index in [2.05, 4.69) is 15.4 Å². The van der Waals surface area contributed by atoms with E-state index in [9.17, 15) is 8.42 Å². The molecule has 7 nitrogen and oxygen atoms in total. The molecule has 84 valence electrons. The van der Waals surface area contributed by atoms with Gasteiger partial charge in [0.15, 0.2) is 6.33 Å². The topological polar surface area (TPSA) is 87.0 Å². The Bertz CT molecular complexity index is 538. The molecule has 2 rings (SSSR count). The molecule has 0 amide bonds. The van der Waals surface area contributed by atoms with Crippen molar-refractivity contribution >= 4 is 10.3 Å². The third-order valence-electron chi connectivity index (χ3n) is 1.75. The molecule has 0 fully saturated rings. The summed E-state index contributed by atoms with van der Waals surface area (Å²) in [5.74, 6) is 0. The molecular weight excluding hydrogens is 232 g/mol. The second-order valence-electron chi connectivity index (χ2n) is 2.86. The van der Waals surface area contributed by atoms with Crippen LogP contribution in [0.2, 0.25) is 0 Å².